The first-order valence-electron chi connectivity index (χ1n) is 8.34. The van der Waals surface area contributed by atoms with E-state index >= 15 is 0 Å². The number of rotatable bonds is 5. The van der Waals surface area contributed by atoms with Crippen molar-refractivity contribution >= 4 is 29.1 Å². The fourth-order valence-corrected chi connectivity index (χ4v) is 2.69. The maximum atomic E-state index is 12.7. The number of benzene rings is 2. The van der Waals surface area contributed by atoms with E-state index in [1.165, 1.54) is 12.4 Å². The van der Waals surface area contributed by atoms with E-state index in [-0.39, 0.29) is 11.8 Å². The first-order valence-corrected chi connectivity index (χ1v) is 8.72. The van der Waals surface area contributed by atoms with E-state index in [1.807, 2.05) is 30.3 Å². The van der Waals surface area contributed by atoms with Crippen LogP contribution in [0.5, 0.6) is 0 Å². The van der Waals surface area contributed by atoms with Gasteiger partial charge in [0.15, 0.2) is 0 Å². The smallest absolute Gasteiger partial charge is 0.257 e. The Morgan fingerprint density at radius 2 is 1.67 bits per heavy atom. The van der Waals surface area contributed by atoms with Crippen LogP contribution in [0.4, 0.5) is 5.69 Å². The number of pyridine rings is 1. The number of anilines is 1. The molecule has 2 aromatic carbocycles. The molecule has 5 nitrogen and oxygen atoms in total. The van der Waals surface area contributed by atoms with E-state index in [1.54, 1.807) is 42.3 Å². The topological polar surface area (TPSA) is 62.3 Å². The zero-order chi connectivity index (χ0) is 19.2. The number of halogens is 1. The SMILES string of the molecule is CN(Cc1ccccc1)C(=O)c1cncc(C(=O)Nc2ccc(Cl)cc2)c1. The summed E-state index contributed by atoms with van der Waals surface area (Å²) in [6, 6.07) is 18.0. The molecule has 0 unspecified atom stereocenters. The summed E-state index contributed by atoms with van der Waals surface area (Å²) in [5.74, 6) is -0.544. The van der Waals surface area contributed by atoms with Gasteiger partial charge in [-0.2, -0.15) is 0 Å². The third kappa shape index (κ3) is 4.92. The summed E-state index contributed by atoms with van der Waals surface area (Å²) in [5, 5.41) is 3.34. The van der Waals surface area contributed by atoms with Crippen molar-refractivity contribution in [2.75, 3.05) is 12.4 Å². The Balaban J connectivity index is 1.71. The number of nitrogens with one attached hydrogen (secondary N) is 1. The molecule has 6 heteroatoms. The lowest BCUT2D eigenvalue weighted by Crippen LogP contribution is -2.26. The molecule has 3 aromatic rings. The zero-order valence-electron chi connectivity index (χ0n) is 14.7. The molecule has 0 spiro atoms. The van der Waals surface area contributed by atoms with Gasteiger partial charge >= 0.3 is 0 Å². The highest BCUT2D eigenvalue weighted by molar-refractivity contribution is 6.30. The summed E-state index contributed by atoms with van der Waals surface area (Å²) >= 11 is 5.84. The van der Waals surface area contributed by atoms with Crippen molar-refractivity contribution in [2.45, 2.75) is 6.54 Å². The number of carbonyl (C=O) groups is 2. The van der Waals surface area contributed by atoms with Crippen LogP contribution in [-0.2, 0) is 6.54 Å². The lowest BCUT2D eigenvalue weighted by atomic mass is 10.1. The van der Waals surface area contributed by atoms with Crippen LogP contribution in [0.25, 0.3) is 0 Å². The van der Waals surface area contributed by atoms with Crippen LogP contribution in [-0.4, -0.2) is 28.7 Å². The minimum Gasteiger partial charge on any atom is -0.337 e. The molecule has 0 aliphatic rings. The van der Waals surface area contributed by atoms with Crippen molar-refractivity contribution in [1.82, 2.24) is 9.88 Å². The Morgan fingerprint density at radius 3 is 2.37 bits per heavy atom. The number of aromatic nitrogens is 1. The molecular formula is C21H18ClN3O2. The van der Waals surface area contributed by atoms with Gasteiger partial charge in [0.2, 0.25) is 0 Å². The van der Waals surface area contributed by atoms with Crippen molar-refractivity contribution in [3.63, 3.8) is 0 Å². The van der Waals surface area contributed by atoms with Gasteiger partial charge in [0, 0.05) is 36.7 Å². The van der Waals surface area contributed by atoms with Crippen LogP contribution in [0, 0.1) is 0 Å². The molecule has 0 saturated carbocycles. The highest BCUT2D eigenvalue weighted by Gasteiger charge is 2.15. The third-order valence-corrected chi connectivity index (χ3v) is 4.21. The van der Waals surface area contributed by atoms with Gasteiger partial charge in [-0.25, -0.2) is 0 Å². The molecule has 2 amide bonds. The second-order valence-electron chi connectivity index (χ2n) is 6.07. The van der Waals surface area contributed by atoms with E-state index < -0.39 is 0 Å². The van der Waals surface area contributed by atoms with E-state index in [4.69, 9.17) is 11.6 Å². The summed E-state index contributed by atoms with van der Waals surface area (Å²) in [7, 11) is 1.72. The molecule has 136 valence electrons. The van der Waals surface area contributed by atoms with Crippen molar-refractivity contribution in [1.29, 1.82) is 0 Å². The Morgan fingerprint density at radius 1 is 1.00 bits per heavy atom. The molecule has 0 aliphatic carbocycles. The monoisotopic (exact) mass is 379 g/mol. The zero-order valence-corrected chi connectivity index (χ0v) is 15.5. The largest absolute Gasteiger partial charge is 0.337 e. The molecule has 1 aromatic heterocycles. The molecule has 0 aliphatic heterocycles. The number of amides is 2. The van der Waals surface area contributed by atoms with Gasteiger partial charge in [-0.15, -0.1) is 0 Å². The van der Waals surface area contributed by atoms with Gasteiger partial charge in [0.05, 0.1) is 11.1 Å². The Labute approximate surface area is 162 Å². The first-order chi connectivity index (χ1) is 13.0. The Hall–Kier alpha value is -3.18. The predicted octanol–water partition coefficient (Wildman–Crippen LogP) is 4.26. The van der Waals surface area contributed by atoms with Crippen LogP contribution in [0.2, 0.25) is 5.02 Å². The molecule has 0 atom stereocenters. The molecule has 0 bridgehead atoms. The minimum absolute atomic E-state index is 0.201. The first kappa shape index (κ1) is 18.6. The summed E-state index contributed by atoms with van der Waals surface area (Å²) in [6.07, 6.45) is 2.89. The molecule has 0 fully saturated rings. The van der Waals surface area contributed by atoms with Gasteiger partial charge in [-0.3, -0.25) is 14.6 Å². The van der Waals surface area contributed by atoms with Gasteiger partial charge < -0.3 is 10.2 Å². The Kier molecular flexibility index (Phi) is 5.84. The van der Waals surface area contributed by atoms with Crippen LogP contribution in [0.3, 0.4) is 0 Å². The van der Waals surface area contributed by atoms with Crippen LogP contribution in [0.15, 0.2) is 73.1 Å². The standard InChI is InChI=1S/C21H18ClN3O2/c1-25(14-15-5-3-2-4-6-15)21(27)17-11-16(12-23-13-17)20(26)24-19-9-7-18(22)8-10-19/h2-13H,14H2,1H3,(H,24,26). The van der Waals surface area contributed by atoms with E-state index in [2.05, 4.69) is 10.3 Å². The highest BCUT2D eigenvalue weighted by Crippen LogP contribution is 2.15. The third-order valence-electron chi connectivity index (χ3n) is 3.96. The maximum absolute atomic E-state index is 12.7. The van der Waals surface area contributed by atoms with Gasteiger partial charge in [0.25, 0.3) is 11.8 Å². The van der Waals surface area contributed by atoms with E-state index in [0.29, 0.717) is 28.4 Å². The summed E-state index contributed by atoms with van der Waals surface area (Å²) < 4.78 is 0. The molecule has 1 heterocycles. The van der Waals surface area contributed by atoms with E-state index in [0.717, 1.165) is 5.56 Å². The fraction of sp³-hybridized carbons (Fsp3) is 0.0952. The normalized spacial score (nSPS) is 10.3. The molecular weight excluding hydrogens is 362 g/mol. The number of carbonyl (C=O) groups excluding carboxylic acids is 2. The van der Waals surface area contributed by atoms with Crippen LogP contribution < -0.4 is 5.32 Å². The van der Waals surface area contributed by atoms with Crippen molar-refractivity contribution in [2.24, 2.45) is 0 Å². The van der Waals surface area contributed by atoms with Gasteiger partial charge in [0.1, 0.15) is 0 Å². The maximum Gasteiger partial charge on any atom is 0.257 e. The minimum atomic E-state index is -0.342. The van der Waals surface area contributed by atoms with Gasteiger partial charge in [-0.1, -0.05) is 41.9 Å². The number of hydrogen-bond donors (Lipinski definition) is 1. The van der Waals surface area contributed by atoms with Crippen molar-refractivity contribution in [3.8, 4) is 0 Å². The predicted molar refractivity (Wildman–Crippen MR) is 106 cm³/mol. The van der Waals surface area contributed by atoms with Crippen LogP contribution >= 0.6 is 11.6 Å². The lowest BCUT2D eigenvalue weighted by Gasteiger charge is -2.17. The lowest BCUT2D eigenvalue weighted by molar-refractivity contribution is 0.0784. The average molecular weight is 380 g/mol. The second kappa shape index (κ2) is 8.47. The quantitative estimate of drug-likeness (QED) is 0.720. The molecule has 1 N–H and O–H groups in total. The van der Waals surface area contributed by atoms with Crippen molar-refractivity contribution < 1.29 is 9.59 Å². The molecule has 3 rings (SSSR count). The average Bonchev–Trinajstić information content (AvgIpc) is 2.70. The highest BCUT2D eigenvalue weighted by atomic mass is 35.5. The summed E-state index contributed by atoms with van der Waals surface area (Å²) in [6.45, 7) is 0.473. The molecule has 0 saturated heterocycles. The molecule has 0 radical (unpaired) electrons. The Bertz CT molecular complexity index is 943. The van der Waals surface area contributed by atoms with Crippen LogP contribution in [0.1, 0.15) is 26.3 Å². The summed E-state index contributed by atoms with van der Waals surface area (Å²) in [4.78, 5) is 30.7. The number of nitrogens with zero attached hydrogens (tertiary/aromatic N) is 2. The fourth-order valence-electron chi connectivity index (χ4n) is 2.57. The van der Waals surface area contributed by atoms with Crippen molar-refractivity contribution in [3.05, 3.63) is 94.8 Å². The second-order valence-corrected chi connectivity index (χ2v) is 6.51. The molecule has 27 heavy (non-hydrogen) atoms. The summed E-state index contributed by atoms with van der Waals surface area (Å²) in [5.41, 5.74) is 2.31. The van der Waals surface area contributed by atoms with Gasteiger partial charge in [-0.05, 0) is 35.9 Å². The van der Waals surface area contributed by atoms with E-state index in [9.17, 15) is 9.59 Å². The number of hydrogen-bond acceptors (Lipinski definition) is 3.